The minimum absolute atomic E-state index is 0.143. The van der Waals surface area contributed by atoms with E-state index in [4.69, 9.17) is 9.72 Å². The zero-order chi connectivity index (χ0) is 26.8. The Morgan fingerprint density at radius 1 is 1.24 bits per heavy atom. The maximum absolute atomic E-state index is 13.8. The van der Waals surface area contributed by atoms with Crippen LogP contribution in [-0.4, -0.2) is 51.9 Å². The Morgan fingerprint density at radius 2 is 2.08 bits per heavy atom. The summed E-state index contributed by atoms with van der Waals surface area (Å²) in [6.07, 6.45) is 4.23. The van der Waals surface area contributed by atoms with E-state index in [0.29, 0.717) is 53.9 Å². The second-order valence-corrected chi connectivity index (χ2v) is 9.58. The maximum atomic E-state index is 13.8. The third kappa shape index (κ3) is 5.48. The molecule has 2 N–H and O–H groups in total. The Labute approximate surface area is 218 Å². The quantitative estimate of drug-likeness (QED) is 0.355. The van der Waals surface area contributed by atoms with Gasteiger partial charge in [-0.3, -0.25) is 4.79 Å². The number of carbonyl (C=O) groups is 1. The molecule has 4 aromatic rings. The maximum Gasteiger partial charge on any atom is 0.306 e. The Kier molecular flexibility index (Phi) is 7.03. The third-order valence-electron chi connectivity index (χ3n) is 6.69. The fourth-order valence-corrected chi connectivity index (χ4v) is 4.72. The Morgan fingerprint density at radius 3 is 2.84 bits per heavy atom. The molecule has 0 unspecified atom stereocenters. The van der Waals surface area contributed by atoms with E-state index in [0.717, 1.165) is 24.1 Å². The molecule has 12 heteroatoms. The Hall–Kier alpha value is -4.35. The van der Waals surface area contributed by atoms with Crippen LogP contribution >= 0.6 is 0 Å². The third-order valence-corrected chi connectivity index (χ3v) is 6.69. The zero-order valence-corrected chi connectivity index (χ0v) is 21.4. The number of ether oxygens (including phenoxy) is 1. The lowest BCUT2D eigenvalue weighted by molar-refractivity contribution is -0.143. The van der Waals surface area contributed by atoms with E-state index in [9.17, 15) is 14.3 Å². The SMILES string of the molecule is Cc1cc(F)cc(-n2cnc(NCc3c(-c4ccc(O[C@H]5CCC[C@H](C(=O)O)C5)c(C)n4)nnn3C)n2)c1. The Bertz CT molecular complexity index is 1450. The number of aliphatic carboxylic acids is 1. The molecule has 3 aromatic heterocycles. The number of carboxylic acids is 1. The largest absolute Gasteiger partial charge is 0.489 e. The van der Waals surface area contributed by atoms with Crippen molar-refractivity contribution in [3.05, 3.63) is 59.4 Å². The van der Waals surface area contributed by atoms with Gasteiger partial charge in [0.2, 0.25) is 5.95 Å². The van der Waals surface area contributed by atoms with E-state index in [-0.39, 0.29) is 17.8 Å². The first-order chi connectivity index (χ1) is 18.3. The van der Waals surface area contributed by atoms with E-state index in [1.54, 1.807) is 11.7 Å². The number of benzene rings is 1. The lowest BCUT2D eigenvalue weighted by Crippen LogP contribution is -2.29. The van der Waals surface area contributed by atoms with Gasteiger partial charge in [-0.2, -0.15) is 0 Å². The molecule has 1 saturated carbocycles. The van der Waals surface area contributed by atoms with Crippen LogP contribution in [0, 0.1) is 25.6 Å². The van der Waals surface area contributed by atoms with Crippen molar-refractivity contribution >= 4 is 11.9 Å². The first kappa shape index (κ1) is 25.3. The molecule has 0 radical (unpaired) electrons. The predicted molar refractivity (Wildman–Crippen MR) is 136 cm³/mol. The second kappa shape index (κ2) is 10.6. The van der Waals surface area contributed by atoms with Gasteiger partial charge in [0.05, 0.1) is 41.3 Å². The van der Waals surface area contributed by atoms with Gasteiger partial charge in [-0.15, -0.1) is 10.2 Å². The first-order valence-corrected chi connectivity index (χ1v) is 12.5. The topological polar surface area (TPSA) is 133 Å². The van der Waals surface area contributed by atoms with E-state index in [2.05, 4.69) is 25.7 Å². The highest BCUT2D eigenvalue weighted by atomic mass is 19.1. The van der Waals surface area contributed by atoms with Crippen LogP contribution in [-0.2, 0) is 18.4 Å². The van der Waals surface area contributed by atoms with Crippen molar-refractivity contribution in [2.24, 2.45) is 13.0 Å². The Balaban J connectivity index is 1.28. The average molecular weight is 521 g/mol. The van der Waals surface area contributed by atoms with Gasteiger partial charge in [0.1, 0.15) is 23.6 Å². The molecule has 11 nitrogen and oxygen atoms in total. The number of hydrogen-bond donors (Lipinski definition) is 2. The summed E-state index contributed by atoms with van der Waals surface area (Å²) >= 11 is 0. The highest BCUT2D eigenvalue weighted by Crippen LogP contribution is 2.30. The van der Waals surface area contributed by atoms with Gasteiger partial charge in [0, 0.05) is 7.05 Å². The molecular weight excluding hydrogens is 491 g/mol. The highest BCUT2D eigenvalue weighted by Gasteiger charge is 2.28. The van der Waals surface area contributed by atoms with Crippen LogP contribution in [0.1, 0.15) is 42.6 Å². The van der Waals surface area contributed by atoms with Crippen molar-refractivity contribution in [3.63, 3.8) is 0 Å². The van der Waals surface area contributed by atoms with Gasteiger partial charge in [0.25, 0.3) is 0 Å². The van der Waals surface area contributed by atoms with Gasteiger partial charge >= 0.3 is 5.97 Å². The van der Waals surface area contributed by atoms with E-state index < -0.39 is 5.97 Å². The summed E-state index contributed by atoms with van der Waals surface area (Å²) in [5.74, 6) is -0.457. The number of hydrogen-bond acceptors (Lipinski definition) is 8. The molecule has 1 aliphatic rings. The summed E-state index contributed by atoms with van der Waals surface area (Å²) in [5, 5.41) is 25.4. The number of aryl methyl sites for hydroxylation is 3. The van der Waals surface area contributed by atoms with E-state index in [1.807, 2.05) is 32.0 Å². The number of halogens is 1. The van der Waals surface area contributed by atoms with Crippen molar-refractivity contribution in [2.75, 3.05) is 5.32 Å². The van der Waals surface area contributed by atoms with Crippen LogP contribution in [0.5, 0.6) is 5.75 Å². The molecular formula is C26H29FN8O3. The molecule has 2 atom stereocenters. The van der Waals surface area contributed by atoms with Crippen molar-refractivity contribution in [3.8, 4) is 22.8 Å². The standard InChI is InChI=1S/C26H29FN8O3/c1-15-9-18(27)12-19(10-15)35-14-29-26(32-35)28-13-22-24(31-33-34(22)3)21-7-8-23(16(2)30-21)38-20-6-4-5-17(11-20)25(36)37/h7-10,12,14,17,20H,4-6,11,13H2,1-3H3,(H,28,32)(H,36,37)/t17-,20-/m0/s1. The molecule has 0 amide bonds. The van der Waals surface area contributed by atoms with Crippen LogP contribution in [0.2, 0.25) is 0 Å². The fraction of sp³-hybridized carbons (Fsp3) is 0.385. The molecule has 5 rings (SSSR count). The predicted octanol–water partition coefficient (Wildman–Crippen LogP) is 3.85. The number of nitrogens with zero attached hydrogens (tertiary/aromatic N) is 7. The molecule has 38 heavy (non-hydrogen) atoms. The number of aromatic nitrogens is 7. The number of rotatable bonds is 8. The molecule has 0 spiro atoms. The van der Waals surface area contributed by atoms with Gasteiger partial charge in [-0.1, -0.05) is 5.21 Å². The molecule has 1 aliphatic carbocycles. The summed E-state index contributed by atoms with van der Waals surface area (Å²) in [6, 6.07) is 8.35. The molecule has 0 aliphatic heterocycles. The van der Waals surface area contributed by atoms with Crippen LogP contribution in [0.15, 0.2) is 36.7 Å². The van der Waals surface area contributed by atoms with Crippen molar-refractivity contribution in [1.82, 2.24) is 34.7 Å². The van der Waals surface area contributed by atoms with Crippen LogP contribution in [0.4, 0.5) is 10.3 Å². The smallest absolute Gasteiger partial charge is 0.306 e. The lowest BCUT2D eigenvalue weighted by atomic mass is 9.87. The molecule has 0 bridgehead atoms. The summed E-state index contributed by atoms with van der Waals surface area (Å²) in [6.45, 7) is 4.01. The number of anilines is 1. The fourth-order valence-electron chi connectivity index (χ4n) is 4.72. The first-order valence-electron chi connectivity index (χ1n) is 12.5. The van der Waals surface area contributed by atoms with Crippen LogP contribution in [0.25, 0.3) is 17.1 Å². The van der Waals surface area contributed by atoms with Crippen molar-refractivity contribution < 1.29 is 19.0 Å². The number of carboxylic acid groups (broad SMARTS) is 1. The molecule has 1 fully saturated rings. The minimum atomic E-state index is -0.765. The molecule has 0 saturated heterocycles. The average Bonchev–Trinajstić information content (AvgIpc) is 3.50. The van der Waals surface area contributed by atoms with Crippen molar-refractivity contribution in [2.45, 2.75) is 52.2 Å². The van der Waals surface area contributed by atoms with Crippen molar-refractivity contribution in [1.29, 1.82) is 0 Å². The van der Waals surface area contributed by atoms with E-state index in [1.165, 1.54) is 23.1 Å². The summed E-state index contributed by atoms with van der Waals surface area (Å²) < 4.78 is 23.1. The van der Waals surface area contributed by atoms with Gasteiger partial charge < -0.3 is 15.2 Å². The molecule has 1 aromatic carbocycles. The summed E-state index contributed by atoms with van der Waals surface area (Å²) in [4.78, 5) is 20.4. The van der Waals surface area contributed by atoms with Gasteiger partial charge in [-0.05, 0) is 75.4 Å². The summed E-state index contributed by atoms with van der Waals surface area (Å²) in [5.41, 5.74) is 4.09. The zero-order valence-electron chi connectivity index (χ0n) is 21.4. The van der Waals surface area contributed by atoms with Gasteiger partial charge in [0.15, 0.2) is 0 Å². The van der Waals surface area contributed by atoms with Crippen LogP contribution < -0.4 is 10.1 Å². The molecule has 198 valence electrons. The van der Waals surface area contributed by atoms with E-state index >= 15 is 0 Å². The van der Waals surface area contributed by atoms with Crippen LogP contribution in [0.3, 0.4) is 0 Å². The van der Waals surface area contributed by atoms with Gasteiger partial charge in [-0.25, -0.2) is 23.7 Å². The highest BCUT2D eigenvalue weighted by molar-refractivity contribution is 5.70. The normalized spacial score (nSPS) is 17.4. The lowest BCUT2D eigenvalue weighted by Gasteiger charge is -2.27. The molecule has 3 heterocycles. The minimum Gasteiger partial charge on any atom is -0.489 e. The second-order valence-electron chi connectivity index (χ2n) is 9.58. The monoisotopic (exact) mass is 520 g/mol. The number of pyridine rings is 1. The summed E-state index contributed by atoms with van der Waals surface area (Å²) in [7, 11) is 1.79. The number of nitrogens with one attached hydrogen (secondary N) is 1.